The second-order valence-corrected chi connectivity index (χ2v) is 10.7. The Labute approximate surface area is 208 Å². The zero-order chi connectivity index (χ0) is 23.2. The summed E-state index contributed by atoms with van der Waals surface area (Å²) in [5.41, 5.74) is 6.94. The van der Waals surface area contributed by atoms with Crippen molar-refractivity contribution >= 4 is 34.7 Å². The van der Waals surface area contributed by atoms with Crippen molar-refractivity contribution in [2.75, 3.05) is 5.32 Å². The molecule has 0 spiro atoms. The quantitative estimate of drug-likeness (QED) is 0.312. The number of carbonyl (C=O) groups is 1. The Kier molecular flexibility index (Phi) is 5.47. The fourth-order valence-corrected chi connectivity index (χ4v) is 6.74. The summed E-state index contributed by atoms with van der Waals surface area (Å²) < 4.78 is 2.32. The molecule has 2 aromatic carbocycles. The monoisotopic (exact) mass is 487 g/mol. The molecule has 1 aliphatic carbocycles. The lowest BCUT2D eigenvalue weighted by molar-refractivity contribution is 0.194. The molecule has 2 aromatic heterocycles. The molecule has 1 atom stereocenters. The smallest absolute Gasteiger partial charge is 0.310 e. The molecule has 1 unspecified atom stereocenters. The van der Waals surface area contributed by atoms with E-state index < -0.39 is 0 Å². The second-order valence-electron chi connectivity index (χ2n) is 9.18. The van der Waals surface area contributed by atoms with E-state index >= 15 is 0 Å². The molecule has 4 aromatic rings. The molecule has 34 heavy (non-hydrogen) atoms. The number of anilines is 1. The number of benzene rings is 2. The summed E-state index contributed by atoms with van der Waals surface area (Å²) in [6.45, 7) is 2.68. The number of hydrogen-bond acceptors (Lipinski definition) is 2. The molecule has 6 rings (SSSR count). The number of hydrogen-bond donors (Lipinski definition) is 1. The van der Waals surface area contributed by atoms with Gasteiger partial charge in [-0.25, -0.2) is 4.79 Å². The van der Waals surface area contributed by atoms with Gasteiger partial charge >= 0.3 is 6.03 Å². The number of halogens is 1. The maximum atomic E-state index is 13.9. The van der Waals surface area contributed by atoms with Gasteiger partial charge in [0.25, 0.3) is 0 Å². The van der Waals surface area contributed by atoms with Crippen molar-refractivity contribution in [1.82, 2.24) is 9.47 Å². The summed E-state index contributed by atoms with van der Waals surface area (Å²) in [6, 6.07) is 19.8. The second kappa shape index (κ2) is 8.64. The van der Waals surface area contributed by atoms with Crippen molar-refractivity contribution in [3.8, 4) is 5.00 Å². The van der Waals surface area contributed by atoms with Crippen LogP contribution in [0, 0.1) is 6.92 Å². The average Bonchev–Trinajstić information content (AvgIpc) is 3.43. The maximum absolute atomic E-state index is 13.9. The Morgan fingerprint density at radius 3 is 2.56 bits per heavy atom. The topological polar surface area (TPSA) is 37.3 Å². The van der Waals surface area contributed by atoms with Crippen LogP contribution in [0.15, 0.2) is 66.9 Å². The third-order valence-electron chi connectivity index (χ3n) is 6.93. The lowest BCUT2D eigenvalue weighted by atomic mass is 9.95. The van der Waals surface area contributed by atoms with E-state index in [1.165, 1.54) is 39.4 Å². The number of rotatable bonds is 2. The highest BCUT2D eigenvalue weighted by Crippen LogP contribution is 2.44. The molecule has 0 bridgehead atoms. The predicted octanol–water partition coefficient (Wildman–Crippen LogP) is 7.52. The van der Waals surface area contributed by atoms with Gasteiger partial charge < -0.3 is 14.8 Å². The number of nitrogens with one attached hydrogen (secondary N) is 1. The maximum Gasteiger partial charge on any atom is 0.322 e. The standard InChI is InChI=1S/C28H26ClN3OS/c1-18-8-10-19(11-9-18)26-24-6-4-16-31(24)27-23(22-5-2-3-7-25(22)34-27)17-32(26)28(33)30-21-14-12-20(29)13-15-21/h4,6,8-16,26H,2-3,5,7,17H2,1H3,(H,30,33). The zero-order valence-corrected chi connectivity index (χ0v) is 20.6. The van der Waals surface area contributed by atoms with Crippen LogP contribution in [0.4, 0.5) is 10.5 Å². The summed E-state index contributed by atoms with van der Waals surface area (Å²) >= 11 is 7.97. The first kappa shape index (κ1) is 21.5. The molecule has 2 amide bonds. The Morgan fingerprint density at radius 1 is 1.00 bits per heavy atom. The summed E-state index contributed by atoms with van der Waals surface area (Å²) in [5, 5.41) is 5.05. The highest BCUT2D eigenvalue weighted by atomic mass is 35.5. The Hall–Kier alpha value is -3.02. The first-order chi connectivity index (χ1) is 16.6. The van der Waals surface area contributed by atoms with Crippen molar-refractivity contribution in [2.24, 2.45) is 0 Å². The van der Waals surface area contributed by atoms with Crippen LogP contribution in [0.3, 0.4) is 0 Å². The number of aromatic nitrogens is 1. The minimum Gasteiger partial charge on any atom is -0.310 e. The molecule has 0 fully saturated rings. The van der Waals surface area contributed by atoms with E-state index in [0.717, 1.165) is 29.8 Å². The van der Waals surface area contributed by atoms with Crippen molar-refractivity contribution in [3.05, 3.63) is 105 Å². The van der Waals surface area contributed by atoms with Crippen LogP contribution >= 0.6 is 22.9 Å². The van der Waals surface area contributed by atoms with Crippen molar-refractivity contribution in [1.29, 1.82) is 0 Å². The summed E-state index contributed by atoms with van der Waals surface area (Å²) in [5.74, 6) is 0. The molecule has 0 radical (unpaired) electrons. The summed E-state index contributed by atoms with van der Waals surface area (Å²) in [4.78, 5) is 17.4. The first-order valence-electron chi connectivity index (χ1n) is 11.8. The molecule has 1 N–H and O–H groups in total. The number of aryl methyl sites for hydroxylation is 2. The van der Waals surface area contributed by atoms with E-state index in [-0.39, 0.29) is 12.1 Å². The molecule has 3 heterocycles. The average molecular weight is 488 g/mol. The number of amides is 2. The van der Waals surface area contributed by atoms with Gasteiger partial charge in [-0.1, -0.05) is 41.4 Å². The van der Waals surface area contributed by atoms with E-state index in [9.17, 15) is 4.79 Å². The van der Waals surface area contributed by atoms with Gasteiger partial charge in [-0.2, -0.15) is 0 Å². The van der Waals surface area contributed by atoms with Gasteiger partial charge in [-0.15, -0.1) is 11.3 Å². The van der Waals surface area contributed by atoms with E-state index in [0.29, 0.717) is 11.6 Å². The highest BCUT2D eigenvalue weighted by Gasteiger charge is 2.36. The molecule has 2 aliphatic rings. The van der Waals surface area contributed by atoms with Crippen LogP contribution < -0.4 is 5.32 Å². The first-order valence-corrected chi connectivity index (χ1v) is 13.0. The van der Waals surface area contributed by atoms with E-state index in [2.05, 4.69) is 59.4 Å². The lowest BCUT2D eigenvalue weighted by Gasteiger charge is -2.31. The SMILES string of the molecule is Cc1ccc(C2c3cccn3-c3sc4c(c3CN2C(=O)Nc2ccc(Cl)cc2)CCCC4)cc1. The van der Waals surface area contributed by atoms with E-state index in [4.69, 9.17) is 11.6 Å². The van der Waals surface area contributed by atoms with Crippen LogP contribution in [0.25, 0.3) is 5.00 Å². The van der Waals surface area contributed by atoms with E-state index in [1.54, 1.807) is 12.1 Å². The number of carbonyl (C=O) groups excluding carboxylic acids is 1. The Balaban J connectivity index is 1.49. The number of fused-ring (bicyclic) bond motifs is 5. The number of urea groups is 1. The molecule has 0 saturated heterocycles. The van der Waals surface area contributed by atoms with Gasteiger partial charge in [0, 0.05) is 27.3 Å². The summed E-state index contributed by atoms with van der Waals surface area (Å²) in [7, 11) is 0. The fourth-order valence-electron chi connectivity index (χ4n) is 5.21. The third kappa shape index (κ3) is 3.73. The fraction of sp³-hybridized carbons (Fsp3) is 0.250. The normalized spacial score (nSPS) is 16.9. The summed E-state index contributed by atoms with van der Waals surface area (Å²) in [6.07, 6.45) is 6.85. The van der Waals surface area contributed by atoms with Crippen molar-refractivity contribution < 1.29 is 4.79 Å². The van der Waals surface area contributed by atoms with Gasteiger partial charge in [0.15, 0.2) is 0 Å². The van der Waals surface area contributed by atoms with Crippen LogP contribution in [0.2, 0.25) is 5.02 Å². The predicted molar refractivity (Wildman–Crippen MR) is 139 cm³/mol. The van der Waals surface area contributed by atoms with Gasteiger partial charge in [-0.05, 0) is 80.1 Å². The van der Waals surface area contributed by atoms with Crippen LogP contribution in [-0.2, 0) is 19.4 Å². The van der Waals surface area contributed by atoms with Crippen LogP contribution in [-0.4, -0.2) is 15.5 Å². The molecule has 4 nitrogen and oxygen atoms in total. The van der Waals surface area contributed by atoms with Crippen molar-refractivity contribution in [2.45, 2.75) is 45.2 Å². The molecule has 1 aliphatic heterocycles. The molecular weight excluding hydrogens is 462 g/mol. The minimum atomic E-state index is -0.193. The lowest BCUT2D eigenvalue weighted by Crippen LogP contribution is -2.38. The van der Waals surface area contributed by atoms with Gasteiger partial charge in [0.2, 0.25) is 0 Å². The van der Waals surface area contributed by atoms with Crippen molar-refractivity contribution in [3.63, 3.8) is 0 Å². The Morgan fingerprint density at radius 2 is 1.76 bits per heavy atom. The van der Waals surface area contributed by atoms with Gasteiger partial charge in [0.1, 0.15) is 5.00 Å². The van der Waals surface area contributed by atoms with E-state index in [1.807, 2.05) is 28.4 Å². The van der Waals surface area contributed by atoms with Crippen LogP contribution in [0.5, 0.6) is 0 Å². The Bertz CT molecular complexity index is 1350. The van der Waals surface area contributed by atoms with Gasteiger partial charge in [0.05, 0.1) is 18.3 Å². The van der Waals surface area contributed by atoms with Gasteiger partial charge in [-0.3, -0.25) is 0 Å². The largest absolute Gasteiger partial charge is 0.322 e. The molecule has 172 valence electrons. The molecule has 6 heteroatoms. The van der Waals surface area contributed by atoms with Crippen LogP contribution in [0.1, 0.15) is 51.7 Å². The number of nitrogens with zero attached hydrogens (tertiary/aromatic N) is 2. The molecule has 0 saturated carbocycles. The zero-order valence-electron chi connectivity index (χ0n) is 19.1. The number of thiophene rings is 1. The highest BCUT2D eigenvalue weighted by molar-refractivity contribution is 7.15. The third-order valence-corrected chi connectivity index (χ3v) is 8.51. The minimum absolute atomic E-state index is 0.107. The molecular formula is C28H26ClN3OS.